The highest BCUT2D eigenvalue weighted by Crippen LogP contribution is 2.34. The summed E-state index contributed by atoms with van der Waals surface area (Å²) < 4.78 is 45.4. The first-order chi connectivity index (χ1) is 10.4. The highest BCUT2D eigenvalue weighted by molar-refractivity contribution is 5.62. The van der Waals surface area contributed by atoms with E-state index in [-0.39, 0.29) is 17.0 Å². The van der Waals surface area contributed by atoms with E-state index in [1.807, 2.05) is 0 Å². The fourth-order valence-electron chi connectivity index (χ4n) is 2.06. The summed E-state index contributed by atoms with van der Waals surface area (Å²) in [7, 11) is 0. The van der Waals surface area contributed by atoms with Crippen LogP contribution in [0.1, 0.15) is 5.56 Å². The number of alkyl halides is 3. The van der Waals surface area contributed by atoms with Gasteiger partial charge in [-0.3, -0.25) is 9.36 Å². The Labute approximate surface area is 122 Å². The van der Waals surface area contributed by atoms with Crippen molar-refractivity contribution in [3.05, 3.63) is 71.1 Å². The predicted molar refractivity (Wildman–Crippen MR) is 72.5 cm³/mol. The van der Waals surface area contributed by atoms with Crippen LogP contribution in [-0.2, 0) is 6.18 Å². The van der Waals surface area contributed by atoms with Gasteiger partial charge >= 0.3 is 6.18 Å². The van der Waals surface area contributed by atoms with Gasteiger partial charge in [-0.2, -0.15) is 13.2 Å². The zero-order valence-corrected chi connectivity index (χ0v) is 11.0. The summed E-state index contributed by atoms with van der Waals surface area (Å²) in [5.74, 6) is 0.191. The lowest BCUT2D eigenvalue weighted by Gasteiger charge is -2.12. The molecule has 0 unspecified atom stereocenters. The number of oxazole rings is 1. The SMILES string of the molecule is O=c1ccccn1-c1cc(-c2cnco2)cc(C(F)(F)F)c1. The van der Waals surface area contributed by atoms with Crippen molar-refractivity contribution < 1.29 is 17.6 Å². The maximum Gasteiger partial charge on any atom is 0.416 e. The first kappa shape index (κ1) is 14.1. The van der Waals surface area contributed by atoms with E-state index in [1.54, 1.807) is 6.07 Å². The molecule has 3 aromatic rings. The maximum absolute atomic E-state index is 13.1. The summed E-state index contributed by atoms with van der Waals surface area (Å²) >= 11 is 0. The first-order valence-corrected chi connectivity index (χ1v) is 6.24. The molecule has 0 fully saturated rings. The average molecular weight is 306 g/mol. The van der Waals surface area contributed by atoms with E-state index in [0.29, 0.717) is 0 Å². The number of nitrogens with zero attached hydrogens (tertiary/aromatic N) is 2. The van der Waals surface area contributed by atoms with Crippen molar-refractivity contribution in [1.29, 1.82) is 0 Å². The lowest BCUT2D eigenvalue weighted by atomic mass is 10.1. The van der Waals surface area contributed by atoms with Gasteiger partial charge in [-0.1, -0.05) is 6.07 Å². The van der Waals surface area contributed by atoms with Gasteiger partial charge in [0.2, 0.25) is 0 Å². The second kappa shape index (κ2) is 5.18. The Morgan fingerprint density at radius 3 is 2.59 bits per heavy atom. The average Bonchev–Trinajstić information content (AvgIpc) is 3.00. The molecule has 2 aromatic heterocycles. The Balaban J connectivity index is 2.25. The van der Waals surface area contributed by atoms with E-state index in [1.165, 1.54) is 30.6 Å². The van der Waals surface area contributed by atoms with Crippen LogP contribution in [-0.4, -0.2) is 9.55 Å². The first-order valence-electron chi connectivity index (χ1n) is 6.24. The number of pyridine rings is 1. The zero-order chi connectivity index (χ0) is 15.7. The summed E-state index contributed by atoms with van der Waals surface area (Å²) in [6.45, 7) is 0. The van der Waals surface area contributed by atoms with Crippen LogP contribution in [0.5, 0.6) is 0 Å². The van der Waals surface area contributed by atoms with Crippen LogP contribution in [0.3, 0.4) is 0 Å². The van der Waals surface area contributed by atoms with Gasteiger partial charge in [-0.15, -0.1) is 0 Å². The van der Waals surface area contributed by atoms with Gasteiger partial charge in [0.05, 0.1) is 11.8 Å². The van der Waals surface area contributed by atoms with Gasteiger partial charge in [0.15, 0.2) is 12.2 Å². The number of hydrogen-bond acceptors (Lipinski definition) is 3. The topological polar surface area (TPSA) is 48.0 Å². The molecular weight excluding hydrogens is 297 g/mol. The van der Waals surface area contributed by atoms with Gasteiger partial charge in [0.1, 0.15) is 0 Å². The normalized spacial score (nSPS) is 11.6. The molecule has 112 valence electrons. The predicted octanol–water partition coefficient (Wildman–Crippen LogP) is 3.51. The molecule has 4 nitrogen and oxygen atoms in total. The van der Waals surface area contributed by atoms with Crippen molar-refractivity contribution in [3.63, 3.8) is 0 Å². The van der Waals surface area contributed by atoms with Crippen molar-refractivity contribution in [1.82, 2.24) is 9.55 Å². The third kappa shape index (κ3) is 2.65. The molecule has 0 bridgehead atoms. The Bertz CT molecular complexity index is 852. The molecule has 7 heteroatoms. The molecule has 0 spiro atoms. The number of halogens is 3. The van der Waals surface area contributed by atoms with Gasteiger partial charge < -0.3 is 4.42 Å². The Morgan fingerprint density at radius 1 is 1.14 bits per heavy atom. The third-order valence-electron chi connectivity index (χ3n) is 3.06. The standard InChI is InChI=1S/C15H9F3N2O2/c16-15(17,18)11-5-10(13-8-19-9-22-13)6-12(7-11)20-4-2-1-3-14(20)21/h1-9H. The van der Waals surface area contributed by atoms with Crippen LogP contribution in [0.25, 0.3) is 17.0 Å². The number of hydrogen-bond donors (Lipinski definition) is 0. The van der Waals surface area contributed by atoms with Crippen LogP contribution in [0.2, 0.25) is 0 Å². The zero-order valence-electron chi connectivity index (χ0n) is 11.0. The fourth-order valence-corrected chi connectivity index (χ4v) is 2.06. The second-order valence-electron chi connectivity index (χ2n) is 4.54. The van der Waals surface area contributed by atoms with E-state index in [9.17, 15) is 18.0 Å². The van der Waals surface area contributed by atoms with E-state index >= 15 is 0 Å². The van der Waals surface area contributed by atoms with Crippen molar-refractivity contribution in [2.24, 2.45) is 0 Å². The maximum atomic E-state index is 13.1. The summed E-state index contributed by atoms with van der Waals surface area (Å²) in [6, 6.07) is 7.67. The van der Waals surface area contributed by atoms with Gasteiger partial charge in [0.25, 0.3) is 5.56 Å². The van der Waals surface area contributed by atoms with E-state index in [0.717, 1.165) is 23.1 Å². The number of benzene rings is 1. The quantitative estimate of drug-likeness (QED) is 0.728. The largest absolute Gasteiger partial charge is 0.444 e. The lowest BCUT2D eigenvalue weighted by Crippen LogP contribution is -2.16. The highest BCUT2D eigenvalue weighted by atomic mass is 19.4. The summed E-state index contributed by atoms with van der Waals surface area (Å²) in [4.78, 5) is 15.5. The smallest absolute Gasteiger partial charge is 0.416 e. The van der Waals surface area contributed by atoms with E-state index < -0.39 is 17.3 Å². The van der Waals surface area contributed by atoms with Gasteiger partial charge in [0, 0.05) is 23.5 Å². The van der Waals surface area contributed by atoms with Crippen molar-refractivity contribution >= 4 is 0 Å². The molecule has 0 saturated carbocycles. The van der Waals surface area contributed by atoms with Gasteiger partial charge in [-0.25, -0.2) is 4.98 Å². The van der Waals surface area contributed by atoms with Gasteiger partial charge in [-0.05, 0) is 24.3 Å². The molecule has 22 heavy (non-hydrogen) atoms. The van der Waals surface area contributed by atoms with Crippen LogP contribution in [0, 0.1) is 0 Å². The Morgan fingerprint density at radius 2 is 1.95 bits per heavy atom. The minimum absolute atomic E-state index is 0.104. The highest BCUT2D eigenvalue weighted by Gasteiger charge is 2.31. The third-order valence-corrected chi connectivity index (χ3v) is 3.06. The van der Waals surface area contributed by atoms with Crippen molar-refractivity contribution in [2.75, 3.05) is 0 Å². The minimum atomic E-state index is -4.54. The summed E-state index contributed by atoms with van der Waals surface area (Å²) in [5.41, 5.74) is -0.998. The molecule has 0 N–H and O–H groups in total. The van der Waals surface area contributed by atoms with Crippen LogP contribution >= 0.6 is 0 Å². The summed E-state index contributed by atoms with van der Waals surface area (Å²) in [5, 5.41) is 0. The lowest BCUT2D eigenvalue weighted by molar-refractivity contribution is -0.137. The number of aromatic nitrogens is 2. The van der Waals surface area contributed by atoms with Crippen LogP contribution in [0.4, 0.5) is 13.2 Å². The molecule has 0 aliphatic rings. The molecule has 0 amide bonds. The molecule has 0 atom stereocenters. The van der Waals surface area contributed by atoms with Crippen LogP contribution < -0.4 is 5.56 Å². The summed E-state index contributed by atoms with van der Waals surface area (Å²) in [6.07, 6.45) is -0.692. The van der Waals surface area contributed by atoms with Crippen molar-refractivity contribution in [2.45, 2.75) is 6.18 Å². The van der Waals surface area contributed by atoms with Crippen molar-refractivity contribution in [3.8, 4) is 17.0 Å². The monoisotopic (exact) mass is 306 g/mol. The van der Waals surface area contributed by atoms with Crippen LogP contribution in [0.15, 0.2) is 64.4 Å². The molecule has 3 rings (SSSR count). The van der Waals surface area contributed by atoms with E-state index in [4.69, 9.17) is 4.42 Å². The molecule has 1 aromatic carbocycles. The molecular formula is C15H9F3N2O2. The molecule has 0 radical (unpaired) electrons. The molecule has 0 aliphatic heterocycles. The fraction of sp³-hybridized carbons (Fsp3) is 0.0667. The van der Waals surface area contributed by atoms with E-state index in [2.05, 4.69) is 4.98 Å². The minimum Gasteiger partial charge on any atom is -0.444 e. The molecule has 0 saturated heterocycles. The number of rotatable bonds is 2. The molecule has 2 heterocycles. The molecule has 0 aliphatic carbocycles. The second-order valence-corrected chi connectivity index (χ2v) is 4.54. The Hall–Kier alpha value is -2.83. The Kier molecular flexibility index (Phi) is 3.32.